The molecule has 1 aromatic heterocycles. The minimum absolute atomic E-state index is 0.139. The highest BCUT2D eigenvalue weighted by atomic mass is 32.1. The lowest BCUT2D eigenvalue weighted by Crippen LogP contribution is -2.40. The van der Waals surface area contributed by atoms with E-state index < -0.39 is 18.0 Å². The van der Waals surface area contributed by atoms with Crippen molar-refractivity contribution < 1.29 is 28.9 Å². The number of methoxy groups -OCH3 is 2. The summed E-state index contributed by atoms with van der Waals surface area (Å²) in [6, 6.07) is 19.8. The van der Waals surface area contributed by atoms with E-state index in [-0.39, 0.29) is 23.3 Å². The summed E-state index contributed by atoms with van der Waals surface area (Å²) in [4.78, 5) is 44.0. The summed E-state index contributed by atoms with van der Waals surface area (Å²) < 4.78 is 18.3. The molecule has 10 heteroatoms. The van der Waals surface area contributed by atoms with Crippen molar-refractivity contribution in [3.8, 4) is 11.5 Å². The van der Waals surface area contributed by atoms with Gasteiger partial charge in [0.1, 0.15) is 0 Å². The van der Waals surface area contributed by atoms with Crippen molar-refractivity contribution in [1.82, 2.24) is 4.57 Å². The largest absolute Gasteiger partial charge is 0.493 e. The lowest BCUT2D eigenvalue weighted by atomic mass is 9.93. The zero-order valence-corrected chi connectivity index (χ0v) is 23.3. The molecule has 41 heavy (non-hydrogen) atoms. The number of hydrogen-bond donors (Lipinski definition) is 1. The Bertz CT molecular complexity index is 1840. The maximum Gasteiger partial charge on any atom is 0.338 e. The van der Waals surface area contributed by atoms with Gasteiger partial charge in [-0.3, -0.25) is 9.36 Å². The van der Waals surface area contributed by atoms with Crippen LogP contribution in [0.25, 0.3) is 11.8 Å². The number of benzene rings is 3. The fourth-order valence-electron chi connectivity index (χ4n) is 4.65. The van der Waals surface area contributed by atoms with Crippen molar-refractivity contribution in [2.45, 2.75) is 13.0 Å². The summed E-state index contributed by atoms with van der Waals surface area (Å²) in [7, 11) is 3.04. The Hall–Kier alpha value is -4.96. The summed E-state index contributed by atoms with van der Waals surface area (Å²) in [6.07, 6.45) is 1.68. The lowest BCUT2D eigenvalue weighted by molar-refractivity contribution is -0.138. The summed E-state index contributed by atoms with van der Waals surface area (Å²) in [5, 5.41) is 9.22. The monoisotopic (exact) mass is 570 g/mol. The van der Waals surface area contributed by atoms with Gasteiger partial charge in [-0.05, 0) is 48.4 Å². The first-order valence-corrected chi connectivity index (χ1v) is 13.5. The molecule has 0 radical (unpaired) electrons. The van der Waals surface area contributed by atoms with E-state index in [0.717, 1.165) is 0 Å². The quantitative estimate of drug-likeness (QED) is 0.322. The first-order valence-electron chi connectivity index (χ1n) is 12.7. The van der Waals surface area contributed by atoms with Crippen molar-refractivity contribution >= 4 is 35.0 Å². The molecule has 0 bridgehead atoms. The SMILES string of the molecule is CCOC(=O)C1=C(c2ccccc2)N=c2s/c(=C\c3ccc(C(=O)O)cc3)c(=O)n2[C@H]1c1ccc(OC)c(OC)c1. The van der Waals surface area contributed by atoms with Crippen molar-refractivity contribution in [2.24, 2.45) is 4.99 Å². The Balaban J connectivity index is 1.81. The second-order valence-corrected chi connectivity index (χ2v) is 9.98. The number of fused-ring (bicyclic) bond motifs is 1. The molecule has 4 aromatic rings. The van der Waals surface area contributed by atoms with Gasteiger partial charge >= 0.3 is 11.9 Å². The molecule has 2 heterocycles. The van der Waals surface area contributed by atoms with E-state index in [1.807, 2.05) is 30.3 Å². The van der Waals surface area contributed by atoms with Gasteiger partial charge in [-0.2, -0.15) is 0 Å². The number of hydrogen-bond acceptors (Lipinski definition) is 8. The van der Waals surface area contributed by atoms with E-state index in [1.54, 1.807) is 43.3 Å². The zero-order valence-electron chi connectivity index (χ0n) is 22.5. The third-order valence-electron chi connectivity index (χ3n) is 6.55. The summed E-state index contributed by atoms with van der Waals surface area (Å²) in [6.45, 7) is 1.86. The van der Waals surface area contributed by atoms with Crippen LogP contribution in [0.1, 0.15) is 40.0 Å². The number of rotatable bonds is 8. The van der Waals surface area contributed by atoms with E-state index in [4.69, 9.17) is 19.2 Å². The molecule has 0 saturated carbocycles. The number of carboxylic acids is 1. The van der Waals surface area contributed by atoms with E-state index in [2.05, 4.69) is 0 Å². The molecule has 0 aliphatic carbocycles. The van der Waals surface area contributed by atoms with Crippen LogP contribution in [0.2, 0.25) is 0 Å². The Morgan fingerprint density at radius 3 is 2.34 bits per heavy atom. The minimum Gasteiger partial charge on any atom is -0.493 e. The van der Waals surface area contributed by atoms with Crippen molar-refractivity contribution in [2.75, 3.05) is 20.8 Å². The van der Waals surface area contributed by atoms with Crippen molar-refractivity contribution in [3.63, 3.8) is 0 Å². The average Bonchev–Trinajstić information content (AvgIpc) is 3.30. The van der Waals surface area contributed by atoms with Gasteiger partial charge in [0.2, 0.25) is 0 Å². The number of aromatic nitrogens is 1. The number of nitrogens with zero attached hydrogens (tertiary/aromatic N) is 2. The van der Waals surface area contributed by atoms with Gasteiger partial charge in [0.15, 0.2) is 16.3 Å². The van der Waals surface area contributed by atoms with Gasteiger partial charge in [0.25, 0.3) is 5.56 Å². The van der Waals surface area contributed by atoms with Crippen LogP contribution in [0.5, 0.6) is 11.5 Å². The number of aromatic carboxylic acids is 1. The number of ether oxygens (including phenoxy) is 3. The highest BCUT2D eigenvalue weighted by Gasteiger charge is 2.35. The highest BCUT2D eigenvalue weighted by molar-refractivity contribution is 7.07. The molecule has 0 unspecified atom stereocenters. The second-order valence-electron chi connectivity index (χ2n) is 8.97. The van der Waals surface area contributed by atoms with Crippen LogP contribution in [0.15, 0.2) is 88.2 Å². The molecular formula is C31H26N2O7S. The number of carbonyl (C=O) groups is 2. The molecule has 3 aromatic carbocycles. The normalized spacial score (nSPS) is 14.7. The van der Waals surface area contributed by atoms with Crippen LogP contribution in [-0.2, 0) is 9.53 Å². The summed E-state index contributed by atoms with van der Waals surface area (Å²) >= 11 is 1.18. The van der Waals surface area contributed by atoms with Crippen LogP contribution in [0, 0.1) is 0 Å². The molecule has 1 aliphatic rings. The number of carboxylic acid groups (broad SMARTS) is 1. The molecular weight excluding hydrogens is 544 g/mol. The van der Waals surface area contributed by atoms with Gasteiger partial charge in [-0.1, -0.05) is 59.9 Å². The molecule has 5 rings (SSSR count). The van der Waals surface area contributed by atoms with Crippen LogP contribution in [-0.4, -0.2) is 42.4 Å². The molecule has 208 valence electrons. The van der Waals surface area contributed by atoms with E-state index in [1.165, 1.54) is 42.3 Å². The first kappa shape index (κ1) is 27.6. The first-order chi connectivity index (χ1) is 19.9. The van der Waals surface area contributed by atoms with Crippen molar-refractivity contribution in [3.05, 3.63) is 120 Å². The van der Waals surface area contributed by atoms with Gasteiger partial charge < -0.3 is 19.3 Å². The second kappa shape index (κ2) is 11.6. The minimum atomic E-state index is -1.04. The van der Waals surface area contributed by atoms with E-state index in [9.17, 15) is 19.5 Å². The molecule has 1 N–H and O–H groups in total. The third-order valence-corrected chi connectivity index (χ3v) is 7.54. The topological polar surface area (TPSA) is 116 Å². The molecule has 0 fully saturated rings. The van der Waals surface area contributed by atoms with Crippen LogP contribution in [0.3, 0.4) is 0 Å². The Labute approximate surface area is 238 Å². The fraction of sp³-hybridized carbons (Fsp3) is 0.161. The van der Waals surface area contributed by atoms with Crippen molar-refractivity contribution in [1.29, 1.82) is 0 Å². The molecule has 9 nitrogen and oxygen atoms in total. The van der Waals surface area contributed by atoms with Crippen LogP contribution < -0.4 is 24.4 Å². The fourth-order valence-corrected chi connectivity index (χ4v) is 5.65. The molecule has 0 amide bonds. The molecule has 1 aliphatic heterocycles. The Morgan fingerprint density at radius 1 is 1.00 bits per heavy atom. The highest BCUT2D eigenvalue weighted by Crippen LogP contribution is 2.38. The third kappa shape index (κ3) is 5.29. The smallest absolute Gasteiger partial charge is 0.338 e. The van der Waals surface area contributed by atoms with Gasteiger partial charge in [0, 0.05) is 5.56 Å². The predicted octanol–water partition coefficient (Wildman–Crippen LogP) is 3.65. The Morgan fingerprint density at radius 2 is 1.71 bits per heavy atom. The van der Waals surface area contributed by atoms with E-state index in [0.29, 0.717) is 43.2 Å². The lowest BCUT2D eigenvalue weighted by Gasteiger charge is -2.26. The predicted molar refractivity (Wildman–Crippen MR) is 154 cm³/mol. The maximum atomic E-state index is 14.0. The zero-order chi connectivity index (χ0) is 29.1. The van der Waals surface area contributed by atoms with E-state index >= 15 is 0 Å². The Kier molecular flexibility index (Phi) is 7.84. The van der Waals surface area contributed by atoms with Gasteiger partial charge in [-0.25, -0.2) is 14.6 Å². The standard InChI is InChI=1S/C31H26N2O7S/c1-4-40-30(37)25-26(19-8-6-5-7-9-19)32-31-33(27(25)21-14-15-22(38-2)23(17-21)39-3)28(34)24(41-31)16-18-10-12-20(13-11-18)29(35)36/h5-17,27H,4H2,1-3H3,(H,35,36)/b24-16-/t27-/m0/s1. The molecule has 1 atom stereocenters. The van der Waals surface area contributed by atoms with Gasteiger partial charge in [0.05, 0.1) is 48.2 Å². The number of esters is 1. The molecule has 0 saturated heterocycles. The maximum absolute atomic E-state index is 14.0. The number of thiazole rings is 1. The van der Waals surface area contributed by atoms with Gasteiger partial charge in [-0.15, -0.1) is 0 Å². The summed E-state index contributed by atoms with van der Waals surface area (Å²) in [5.41, 5.74) is 2.36. The average molecular weight is 571 g/mol. The number of carbonyl (C=O) groups excluding carboxylic acids is 1. The van der Waals surface area contributed by atoms with Crippen LogP contribution >= 0.6 is 11.3 Å². The summed E-state index contributed by atoms with van der Waals surface area (Å²) in [5.74, 6) is -0.690. The molecule has 0 spiro atoms. The van der Waals surface area contributed by atoms with Crippen LogP contribution in [0.4, 0.5) is 0 Å².